The fourth-order valence-electron chi connectivity index (χ4n) is 3.29. The molecule has 1 aliphatic rings. The Morgan fingerprint density at radius 2 is 1.75 bits per heavy atom. The third-order valence-electron chi connectivity index (χ3n) is 5.04. The summed E-state index contributed by atoms with van der Waals surface area (Å²) in [5, 5.41) is 2.60. The minimum Gasteiger partial charge on any atom is -0.352 e. The third kappa shape index (κ3) is 6.09. The summed E-state index contributed by atoms with van der Waals surface area (Å²) in [5.74, 6) is -0.585. The maximum absolute atomic E-state index is 12.9. The smallest absolute Gasteiger partial charge is 0.352 e. The van der Waals surface area contributed by atoms with Gasteiger partial charge in [0.05, 0.1) is 10.6 Å². The number of halogens is 5. The number of hydrogen-bond donors (Lipinski definition) is 1. The summed E-state index contributed by atoms with van der Waals surface area (Å²) in [6.07, 6.45) is -3.08. The van der Waals surface area contributed by atoms with Crippen LogP contribution in [-0.4, -0.2) is 54.4 Å². The van der Waals surface area contributed by atoms with E-state index in [1.54, 1.807) is 9.80 Å². The third-order valence-corrected chi connectivity index (χ3v) is 5.32. The normalized spacial score (nSPS) is 14.4. The van der Waals surface area contributed by atoms with Gasteiger partial charge in [0.25, 0.3) is 5.91 Å². The highest BCUT2D eigenvalue weighted by Gasteiger charge is 2.32. The molecule has 2 aromatic rings. The Hall–Kier alpha value is -2.88. The van der Waals surface area contributed by atoms with Gasteiger partial charge in [-0.15, -0.1) is 0 Å². The first-order valence-electron chi connectivity index (χ1n) is 9.94. The molecule has 1 saturated heterocycles. The van der Waals surface area contributed by atoms with E-state index < -0.39 is 17.6 Å². The van der Waals surface area contributed by atoms with E-state index in [4.69, 9.17) is 11.6 Å². The molecule has 0 saturated carbocycles. The van der Waals surface area contributed by atoms with Crippen LogP contribution in [0.25, 0.3) is 0 Å². The molecule has 2 amide bonds. The van der Waals surface area contributed by atoms with Crippen LogP contribution in [0.15, 0.2) is 36.5 Å². The second-order valence-corrected chi connectivity index (χ2v) is 7.67. The van der Waals surface area contributed by atoms with Gasteiger partial charge in [0.1, 0.15) is 11.6 Å². The highest BCUT2D eigenvalue weighted by Crippen LogP contribution is 2.33. The fourth-order valence-corrected chi connectivity index (χ4v) is 3.57. The maximum Gasteiger partial charge on any atom is 0.417 e. The van der Waals surface area contributed by atoms with Crippen LogP contribution in [0.5, 0.6) is 0 Å². The van der Waals surface area contributed by atoms with Crippen LogP contribution in [0, 0.1) is 5.82 Å². The minimum atomic E-state index is -4.52. The number of aromatic nitrogens is 1. The quantitative estimate of drug-likeness (QED) is 0.513. The largest absolute Gasteiger partial charge is 0.417 e. The van der Waals surface area contributed by atoms with Gasteiger partial charge in [0.2, 0.25) is 5.91 Å². The zero-order chi connectivity index (χ0) is 23.3. The van der Waals surface area contributed by atoms with Gasteiger partial charge in [-0.1, -0.05) is 11.6 Å². The lowest BCUT2D eigenvalue weighted by Gasteiger charge is -2.36. The van der Waals surface area contributed by atoms with E-state index in [1.165, 1.54) is 24.3 Å². The number of anilines is 1. The Labute approximate surface area is 187 Å². The molecule has 0 unspecified atom stereocenters. The number of piperazine rings is 1. The fraction of sp³-hybridized carbons (Fsp3) is 0.381. The van der Waals surface area contributed by atoms with Gasteiger partial charge in [-0.2, -0.15) is 13.2 Å². The number of nitrogens with one attached hydrogen (secondary N) is 1. The number of amides is 2. The van der Waals surface area contributed by atoms with Gasteiger partial charge >= 0.3 is 6.18 Å². The average molecular weight is 473 g/mol. The van der Waals surface area contributed by atoms with Gasteiger partial charge in [0, 0.05) is 50.9 Å². The lowest BCUT2D eigenvalue weighted by Crippen LogP contribution is -2.49. The molecule has 0 radical (unpaired) electrons. The topological polar surface area (TPSA) is 65.5 Å². The number of hydrogen-bond acceptors (Lipinski definition) is 4. The molecule has 1 aliphatic heterocycles. The Bertz CT molecular complexity index is 961. The van der Waals surface area contributed by atoms with E-state index in [2.05, 4.69) is 10.3 Å². The van der Waals surface area contributed by atoms with Crippen LogP contribution in [0.2, 0.25) is 5.02 Å². The van der Waals surface area contributed by atoms with Crippen molar-refractivity contribution >= 4 is 29.2 Å². The van der Waals surface area contributed by atoms with Crippen molar-refractivity contribution in [2.45, 2.75) is 19.0 Å². The van der Waals surface area contributed by atoms with Crippen molar-refractivity contribution in [1.29, 1.82) is 0 Å². The van der Waals surface area contributed by atoms with Crippen molar-refractivity contribution < 1.29 is 27.2 Å². The molecule has 1 aromatic heterocycles. The molecule has 2 heterocycles. The number of nitrogens with zero attached hydrogens (tertiary/aromatic N) is 3. The number of alkyl halides is 3. The summed E-state index contributed by atoms with van der Waals surface area (Å²) in [4.78, 5) is 31.6. The first kappa shape index (κ1) is 23.8. The highest BCUT2D eigenvalue weighted by molar-refractivity contribution is 6.33. The summed E-state index contributed by atoms with van der Waals surface area (Å²) in [5.41, 5.74) is -0.573. The monoisotopic (exact) mass is 472 g/mol. The summed E-state index contributed by atoms with van der Waals surface area (Å²) in [7, 11) is 0. The molecule has 6 nitrogen and oxygen atoms in total. The number of benzene rings is 1. The van der Waals surface area contributed by atoms with E-state index in [1.807, 2.05) is 0 Å². The van der Waals surface area contributed by atoms with Gasteiger partial charge in [-0.3, -0.25) is 9.59 Å². The number of carbonyl (C=O) groups excluding carboxylic acids is 2. The van der Waals surface area contributed by atoms with E-state index in [-0.39, 0.29) is 29.1 Å². The molecule has 3 rings (SSSR count). The maximum atomic E-state index is 12.9. The summed E-state index contributed by atoms with van der Waals surface area (Å²) in [6.45, 7) is 1.86. The van der Waals surface area contributed by atoms with Crippen molar-refractivity contribution in [2.75, 3.05) is 37.6 Å². The van der Waals surface area contributed by atoms with Crippen LogP contribution < -0.4 is 10.2 Å². The van der Waals surface area contributed by atoms with E-state index in [0.29, 0.717) is 44.7 Å². The lowest BCUT2D eigenvalue weighted by atomic mass is 10.2. The Morgan fingerprint density at radius 1 is 1.09 bits per heavy atom. The summed E-state index contributed by atoms with van der Waals surface area (Å²) < 4.78 is 51.2. The summed E-state index contributed by atoms with van der Waals surface area (Å²) in [6, 6.07) is 6.01. The standard InChI is InChI=1S/C21H21ClF4N4O2/c22-17-12-15(21(24,25)26)13-28-19(17)30-10-8-29(9-11-30)18(31)2-1-7-27-20(32)14-3-5-16(23)6-4-14/h3-6,12-13H,1-2,7-11H2,(H,27,32). The predicted octanol–water partition coefficient (Wildman–Crippen LogP) is 3.75. The second kappa shape index (κ2) is 10.2. The molecule has 1 fully saturated rings. The number of rotatable bonds is 6. The molecule has 11 heteroatoms. The van der Waals surface area contributed by atoms with Crippen LogP contribution >= 0.6 is 11.6 Å². The first-order chi connectivity index (χ1) is 15.1. The molecule has 0 atom stereocenters. The molecular formula is C21H21ClF4N4O2. The van der Waals surface area contributed by atoms with Crippen molar-refractivity contribution in [1.82, 2.24) is 15.2 Å². The van der Waals surface area contributed by atoms with Crippen LogP contribution in [0.3, 0.4) is 0 Å². The van der Waals surface area contributed by atoms with E-state index in [9.17, 15) is 27.2 Å². The second-order valence-electron chi connectivity index (χ2n) is 7.26. The molecule has 1 aromatic carbocycles. The number of carbonyl (C=O) groups is 2. The van der Waals surface area contributed by atoms with Gasteiger partial charge in [0.15, 0.2) is 0 Å². The SMILES string of the molecule is O=C(NCCCC(=O)N1CCN(c2ncc(C(F)(F)F)cc2Cl)CC1)c1ccc(F)cc1. The average Bonchev–Trinajstić information content (AvgIpc) is 2.76. The van der Waals surface area contributed by atoms with Crippen LogP contribution in [-0.2, 0) is 11.0 Å². The van der Waals surface area contributed by atoms with Gasteiger partial charge in [-0.25, -0.2) is 9.37 Å². The van der Waals surface area contributed by atoms with Crippen molar-refractivity contribution in [2.24, 2.45) is 0 Å². The Morgan fingerprint density at radius 3 is 2.34 bits per heavy atom. The zero-order valence-electron chi connectivity index (χ0n) is 17.0. The first-order valence-corrected chi connectivity index (χ1v) is 10.3. The molecule has 0 aliphatic carbocycles. The van der Waals surface area contributed by atoms with Gasteiger partial charge in [-0.05, 0) is 36.8 Å². The Kier molecular flexibility index (Phi) is 7.55. The molecule has 1 N–H and O–H groups in total. The molecule has 32 heavy (non-hydrogen) atoms. The van der Waals surface area contributed by atoms with Crippen molar-refractivity contribution in [3.63, 3.8) is 0 Å². The van der Waals surface area contributed by atoms with Crippen LogP contribution in [0.1, 0.15) is 28.8 Å². The molecule has 172 valence electrons. The van der Waals surface area contributed by atoms with E-state index >= 15 is 0 Å². The minimum absolute atomic E-state index is 0.0767. The predicted molar refractivity (Wildman–Crippen MR) is 111 cm³/mol. The van der Waals surface area contributed by atoms with Crippen LogP contribution in [0.4, 0.5) is 23.4 Å². The molecule has 0 spiro atoms. The Balaban J connectivity index is 1.42. The van der Waals surface area contributed by atoms with E-state index in [0.717, 1.165) is 12.3 Å². The lowest BCUT2D eigenvalue weighted by molar-refractivity contribution is -0.137. The van der Waals surface area contributed by atoms with Crippen molar-refractivity contribution in [3.05, 3.63) is 58.5 Å². The molecule has 0 bridgehead atoms. The number of pyridine rings is 1. The van der Waals surface area contributed by atoms with Gasteiger partial charge < -0.3 is 15.1 Å². The highest BCUT2D eigenvalue weighted by atomic mass is 35.5. The zero-order valence-corrected chi connectivity index (χ0v) is 17.7. The molecular weight excluding hydrogens is 452 g/mol. The summed E-state index contributed by atoms with van der Waals surface area (Å²) >= 11 is 5.99. The van der Waals surface area contributed by atoms with Crippen molar-refractivity contribution in [3.8, 4) is 0 Å².